The molecule has 1 saturated heterocycles. The predicted molar refractivity (Wildman–Crippen MR) is 65.3 cm³/mol. The molecule has 1 heterocycles. The van der Waals surface area contributed by atoms with Gasteiger partial charge in [0.05, 0.1) is 5.92 Å². The molecule has 1 saturated carbocycles. The molecule has 1 aliphatic heterocycles. The summed E-state index contributed by atoms with van der Waals surface area (Å²) in [5.41, 5.74) is 0.369. The van der Waals surface area contributed by atoms with E-state index in [0.717, 1.165) is 13.0 Å². The van der Waals surface area contributed by atoms with Crippen LogP contribution in [0.2, 0.25) is 0 Å². The van der Waals surface area contributed by atoms with Crippen molar-refractivity contribution in [2.24, 2.45) is 11.3 Å². The molecule has 1 unspecified atom stereocenters. The van der Waals surface area contributed by atoms with Crippen molar-refractivity contribution in [1.82, 2.24) is 10.6 Å². The zero-order chi connectivity index (χ0) is 12.3. The van der Waals surface area contributed by atoms with Gasteiger partial charge in [-0.2, -0.15) is 0 Å². The normalized spacial score (nSPS) is 26.9. The lowest BCUT2D eigenvalue weighted by Gasteiger charge is -2.41. The summed E-state index contributed by atoms with van der Waals surface area (Å²) in [4.78, 5) is 23.0. The van der Waals surface area contributed by atoms with Crippen LogP contribution in [-0.4, -0.2) is 24.9 Å². The fourth-order valence-electron chi connectivity index (χ4n) is 2.71. The van der Waals surface area contributed by atoms with Crippen LogP contribution in [0.1, 0.15) is 45.4 Å². The molecule has 0 aromatic carbocycles. The Balaban J connectivity index is 1.75. The first kappa shape index (κ1) is 12.4. The smallest absolute Gasteiger partial charge is 0.224 e. The van der Waals surface area contributed by atoms with Gasteiger partial charge in [0.25, 0.3) is 0 Å². The van der Waals surface area contributed by atoms with Gasteiger partial charge in [-0.05, 0) is 31.1 Å². The highest BCUT2D eigenvalue weighted by Crippen LogP contribution is 2.43. The molecule has 1 atom stereocenters. The molecule has 0 radical (unpaired) electrons. The first-order chi connectivity index (χ1) is 8.15. The van der Waals surface area contributed by atoms with Gasteiger partial charge in [0.15, 0.2) is 0 Å². The van der Waals surface area contributed by atoms with Gasteiger partial charge in [0.2, 0.25) is 11.8 Å². The Kier molecular flexibility index (Phi) is 3.69. The van der Waals surface area contributed by atoms with E-state index in [1.54, 1.807) is 0 Å². The standard InChI is InChI=1S/C13H22N2O2/c1-2-13(6-3-7-13)9-15-12(17)10-4-5-11(16)14-8-10/h10H,2-9H2,1H3,(H,14,16)(H,15,17). The number of nitrogens with one attached hydrogen (secondary N) is 2. The number of carbonyl (C=O) groups is 2. The number of hydrogen-bond donors (Lipinski definition) is 2. The van der Waals surface area contributed by atoms with Crippen molar-refractivity contribution >= 4 is 11.8 Å². The van der Waals surface area contributed by atoms with Crippen LogP contribution in [0.25, 0.3) is 0 Å². The summed E-state index contributed by atoms with van der Waals surface area (Å²) in [5.74, 6) is 0.157. The molecule has 0 aromatic heterocycles. The minimum atomic E-state index is -0.0262. The van der Waals surface area contributed by atoms with Crippen LogP contribution in [0.15, 0.2) is 0 Å². The highest BCUT2D eigenvalue weighted by Gasteiger charge is 2.36. The van der Waals surface area contributed by atoms with Crippen LogP contribution in [-0.2, 0) is 9.59 Å². The topological polar surface area (TPSA) is 58.2 Å². The van der Waals surface area contributed by atoms with Gasteiger partial charge < -0.3 is 10.6 Å². The molecule has 0 spiro atoms. The SMILES string of the molecule is CCC1(CNC(=O)C2CCC(=O)NC2)CCC1. The van der Waals surface area contributed by atoms with Crippen molar-refractivity contribution in [2.45, 2.75) is 45.4 Å². The van der Waals surface area contributed by atoms with Crippen molar-refractivity contribution < 1.29 is 9.59 Å². The number of carbonyl (C=O) groups excluding carboxylic acids is 2. The van der Waals surface area contributed by atoms with Gasteiger partial charge in [0.1, 0.15) is 0 Å². The van der Waals surface area contributed by atoms with E-state index in [-0.39, 0.29) is 17.7 Å². The zero-order valence-corrected chi connectivity index (χ0v) is 10.6. The molecular formula is C13H22N2O2. The Hall–Kier alpha value is -1.06. The quantitative estimate of drug-likeness (QED) is 0.773. The van der Waals surface area contributed by atoms with Crippen LogP contribution in [0, 0.1) is 11.3 Å². The lowest BCUT2D eigenvalue weighted by Crippen LogP contribution is -2.47. The molecule has 2 amide bonds. The van der Waals surface area contributed by atoms with Crippen LogP contribution in [0.5, 0.6) is 0 Å². The Morgan fingerprint density at radius 1 is 1.53 bits per heavy atom. The maximum Gasteiger partial charge on any atom is 0.224 e. The Labute approximate surface area is 103 Å². The Bertz CT molecular complexity index is 295. The van der Waals surface area contributed by atoms with E-state index in [0.29, 0.717) is 24.8 Å². The summed E-state index contributed by atoms with van der Waals surface area (Å²) >= 11 is 0. The van der Waals surface area contributed by atoms with Gasteiger partial charge in [-0.1, -0.05) is 13.3 Å². The lowest BCUT2D eigenvalue weighted by molar-refractivity contribution is -0.129. The summed E-state index contributed by atoms with van der Waals surface area (Å²) in [6.07, 6.45) is 6.10. The molecule has 2 aliphatic rings. The minimum Gasteiger partial charge on any atom is -0.355 e. The first-order valence-corrected chi connectivity index (χ1v) is 6.70. The van der Waals surface area contributed by atoms with E-state index in [2.05, 4.69) is 17.6 Å². The van der Waals surface area contributed by atoms with Gasteiger partial charge in [-0.3, -0.25) is 9.59 Å². The monoisotopic (exact) mass is 238 g/mol. The Morgan fingerprint density at radius 2 is 2.29 bits per heavy atom. The molecule has 96 valence electrons. The zero-order valence-electron chi connectivity index (χ0n) is 10.6. The molecule has 2 rings (SSSR count). The molecule has 0 bridgehead atoms. The summed E-state index contributed by atoms with van der Waals surface area (Å²) < 4.78 is 0. The van der Waals surface area contributed by atoms with Crippen LogP contribution in [0.3, 0.4) is 0 Å². The third-order valence-corrected chi connectivity index (χ3v) is 4.44. The highest BCUT2D eigenvalue weighted by atomic mass is 16.2. The van der Waals surface area contributed by atoms with E-state index in [1.165, 1.54) is 19.3 Å². The number of rotatable bonds is 4. The van der Waals surface area contributed by atoms with Gasteiger partial charge in [-0.15, -0.1) is 0 Å². The summed E-state index contributed by atoms with van der Waals surface area (Å²) in [6, 6.07) is 0. The Morgan fingerprint density at radius 3 is 2.76 bits per heavy atom. The van der Waals surface area contributed by atoms with E-state index >= 15 is 0 Å². The van der Waals surface area contributed by atoms with Crippen molar-refractivity contribution in [2.75, 3.05) is 13.1 Å². The van der Waals surface area contributed by atoms with Crippen LogP contribution in [0.4, 0.5) is 0 Å². The molecule has 2 fully saturated rings. The molecular weight excluding hydrogens is 216 g/mol. The van der Waals surface area contributed by atoms with Gasteiger partial charge >= 0.3 is 0 Å². The number of hydrogen-bond acceptors (Lipinski definition) is 2. The average Bonchev–Trinajstić information content (AvgIpc) is 2.29. The second-order valence-electron chi connectivity index (χ2n) is 5.46. The second-order valence-corrected chi connectivity index (χ2v) is 5.46. The van der Waals surface area contributed by atoms with E-state index in [1.807, 2.05) is 0 Å². The van der Waals surface area contributed by atoms with Crippen molar-refractivity contribution in [3.05, 3.63) is 0 Å². The van der Waals surface area contributed by atoms with Crippen molar-refractivity contribution in [1.29, 1.82) is 0 Å². The molecule has 1 aliphatic carbocycles. The third kappa shape index (κ3) is 2.79. The fourth-order valence-corrected chi connectivity index (χ4v) is 2.71. The maximum absolute atomic E-state index is 11.9. The third-order valence-electron chi connectivity index (χ3n) is 4.44. The average molecular weight is 238 g/mol. The predicted octanol–water partition coefficient (Wildman–Crippen LogP) is 1.21. The number of amides is 2. The second kappa shape index (κ2) is 5.07. The maximum atomic E-state index is 11.9. The highest BCUT2D eigenvalue weighted by molar-refractivity contribution is 5.83. The van der Waals surface area contributed by atoms with Gasteiger partial charge in [0, 0.05) is 19.5 Å². The fraction of sp³-hybridized carbons (Fsp3) is 0.846. The summed E-state index contributed by atoms with van der Waals surface area (Å²) in [7, 11) is 0. The molecule has 4 nitrogen and oxygen atoms in total. The lowest BCUT2D eigenvalue weighted by atomic mass is 9.67. The van der Waals surface area contributed by atoms with E-state index in [9.17, 15) is 9.59 Å². The van der Waals surface area contributed by atoms with Crippen LogP contribution >= 0.6 is 0 Å². The largest absolute Gasteiger partial charge is 0.355 e. The van der Waals surface area contributed by atoms with Gasteiger partial charge in [-0.25, -0.2) is 0 Å². The van der Waals surface area contributed by atoms with E-state index in [4.69, 9.17) is 0 Å². The minimum absolute atomic E-state index is 0.0262. The molecule has 17 heavy (non-hydrogen) atoms. The summed E-state index contributed by atoms with van der Waals surface area (Å²) in [6.45, 7) is 3.52. The molecule has 2 N–H and O–H groups in total. The first-order valence-electron chi connectivity index (χ1n) is 6.70. The molecule has 0 aromatic rings. The van der Waals surface area contributed by atoms with Crippen molar-refractivity contribution in [3.8, 4) is 0 Å². The molecule has 4 heteroatoms. The summed E-state index contributed by atoms with van der Waals surface area (Å²) in [5, 5.41) is 5.82. The number of piperidine rings is 1. The van der Waals surface area contributed by atoms with Crippen LogP contribution < -0.4 is 10.6 Å². The van der Waals surface area contributed by atoms with Crippen molar-refractivity contribution in [3.63, 3.8) is 0 Å². The van der Waals surface area contributed by atoms with E-state index < -0.39 is 0 Å².